The molecule has 0 N–H and O–H groups in total. The molecule has 1 aliphatic carbocycles. The highest BCUT2D eigenvalue weighted by atomic mass is 79.9. The molecule has 0 bridgehead atoms. The molecule has 0 radical (unpaired) electrons. The predicted octanol–water partition coefficient (Wildman–Crippen LogP) is 5.94. The molecule has 0 atom stereocenters. The Balaban J connectivity index is 1.95. The first-order valence-electron chi connectivity index (χ1n) is 9.73. The smallest absolute Gasteiger partial charge is 0.343 e. The number of carbonyl (C=O) groups is 2. The van der Waals surface area contributed by atoms with Gasteiger partial charge < -0.3 is 9.47 Å². The average molecular weight is 459 g/mol. The third kappa shape index (κ3) is 4.25. The van der Waals surface area contributed by atoms with Gasteiger partial charge in [-0.3, -0.25) is 0 Å². The lowest BCUT2D eigenvalue weighted by Gasteiger charge is -2.42. The normalized spacial score (nSPS) is 16.6. The van der Waals surface area contributed by atoms with Crippen LogP contribution in [-0.2, 0) is 20.9 Å². The monoisotopic (exact) mass is 458 g/mol. The Bertz CT molecular complexity index is 942. The SMILES string of the molecule is COC(=O)c1ccc(C(=O)Oc2cc3c(cc2CBr)C(C)(C)CCC3(C)C)cc1. The van der Waals surface area contributed by atoms with Gasteiger partial charge in [0.15, 0.2) is 0 Å². The Morgan fingerprint density at radius 2 is 1.38 bits per heavy atom. The highest BCUT2D eigenvalue weighted by molar-refractivity contribution is 9.08. The molecule has 4 nitrogen and oxygen atoms in total. The number of carbonyl (C=O) groups excluding carboxylic acids is 2. The highest BCUT2D eigenvalue weighted by Gasteiger charge is 2.38. The van der Waals surface area contributed by atoms with E-state index in [1.54, 1.807) is 24.3 Å². The van der Waals surface area contributed by atoms with Gasteiger partial charge in [-0.05, 0) is 65.1 Å². The summed E-state index contributed by atoms with van der Waals surface area (Å²) in [5.41, 5.74) is 4.41. The summed E-state index contributed by atoms with van der Waals surface area (Å²) in [6, 6.07) is 10.5. The number of rotatable bonds is 4. The van der Waals surface area contributed by atoms with Gasteiger partial charge in [0.25, 0.3) is 0 Å². The number of benzene rings is 2. The number of ether oxygens (including phenoxy) is 2. The van der Waals surface area contributed by atoms with Gasteiger partial charge in [-0.25, -0.2) is 9.59 Å². The number of fused-ring (bicyclic) bond motifs is 1. The molecule has 0 spiro atoms. The zero-order valence-electron chi connectivity index (χ0n) is 17.6. The Labute approximate surface area is 180 Å². The van der Waals surface area contributed by atoms with Crippen molar-refractivity contribution in [2.24, 2.45) is 0 Å². The summed E-state index contributed by atoms with van der Waals surface area (Å²) in [5.74, 6) is -0.309. The summed E-state index contributed by atoms with van der Waals surface area (Å²) in [4.78, 5) is 24.3. The molecule has 5 heteroatoms. The molecule has 1 aliphatic rings. The van der Waals surface area contributed by atoms with E-state index in [1.807, 2.05) is 6.07 Å². The van der Waals surface area contributed by atoms with Gasteiger partial charge in [0.2, 0.25) is 0 Å². The zero-order chi connectivity index (χ0) is 21.4. The lowest BCUT2D eigenvalue weighted by Crippen LogP contribution is -2.34. The summed E-state index contributed by atoms with van der Waals surface area (Å²) in [6.45, 7) is 9.03. The first-order valence-corrected chi connectivity index (χ1v) is 10.9. The minimum Gasteiger partial charge on any atom is -0.465 e. The maximum Gasteiger partial charge on any atom is 0.343 e. The minimum atomic E-state index is -0.448. The van der Waals surface area contributed by atoms with Crippen molar-refractivity contribution < 1.29 is 19.1 Å². The van der Waals surface area contributed by atoms with Crippen LogP contribution < -0.4 is 4.74 Å². The van der Waals surface area contributed by atoms with Gasteiger partial charge in [-0.15, -0.1) is 0 Å². The van der Waals surface area contributed by atoms with Crippen molar-refractivity contribution in [1.29, 1.82) is 0 Å². The molecule has 3 rings (SSSR count). The minimum absolute atomic E-state index is 0.0268. The average Bonchev–Trinajstić information content (AvgIpc) is 2.70. The summed E-state index contributed by atoms with van der Waals surface area (Å²) in [5, 5.41) is 0.598. The third-order valence-electron chi connectivity index (χ3n) is 5.92. The van der Waals surface area contributed by atoms with E-state index in [2.05, 4.69) is 49.7 Å². The fourth-order valence-electron chi connectivity index (χ4n) is 3.86. The van der Waals surface area contributed by atoms with Crippen LogP contribution in [-0.4, -0.2) is 19.0 Å². The van der Waals surface area contributed by atoms with Crippen LogP contribution in [0.25, 0.3) is 0 Å². The summed E-state index contributed by atoms with van der Waals surface area (Å²) in [6.07, 6.45) is 2.21. The molecule has 0 amide bonds. The van der Waals surface area contributed by atoms with Crippen LogP contribution in [0.4, 0.5) is 0 Å². The van der Waals surface area contributed by atoms with Crippen molar-refractivity contribution in [3.63, 3.8) is 0 Å². The fourth-order valence-corrected chi connectivity index (χ4v) is 4.30. The van der Waals surface area contributed by atoms with Crippen molar-refractivity contribution in [1.82, 2.24) is 0 Å². The molecule has 0 fully saturated rings. The Morgan fingerprint density at radius 1 is 0.897 bits per heavy atom. The summed E-state index contributed by atoms with van der Waals surface area (Å²) in [7, 11) is 1.32. The molecule has 0 saturated heterocycles. The lowest BCUT2D eigenvalue weighted by atomic mass is 9.63. The third-order valence-corrected chi connectivity index (χ3v) is 6.53. The van der Waals surface area contributed by atoms with Crippen molar-refractivity contribution in [3.05, 3.63) is 64.2 Å². The molecule has 29 heavy (non-hydrogen) atoms. The van der Waals surface area contributed by atoms with Crippen LogP contribution >= 0.6 is 15.9 Å². The Kier molecular flexibility index (Phi) is 5.91. The van der Waals surface area contributed by atoms with E-state index in [0.717, 1.165) is 18.4 Å². The van der Waals surface area contributed by atoms with Crippen molar-refractivity contribution in [2.45, 2.75) is 56.7 Å². The maximum absolute atomic E-state index is 12.7. The van der Waals surface area contributed by atoms with E-state index < -0.39 is 11.9 Å². The topological polar surface area (TPSA) is 52.6 Å². The lowest BCUT2D eigenvalue weighted by molar-refractivity contribution is 0.0599. The van der Waals surface area contributed by atoms with E-state index in [-0.39, 0.29) is 10.8 Å². The molecule has 0 saturated carbocycles. The van der Waals surface area contributed by atoms with Gasteiger partial charge in [0, 0.05) is 10.9 Å². The Hall–Kier alpha value is -2.14. The fraction of sp³-hybridized carbons (Fsp3) is 0.417. The number of alkyl halides is 1. The number of hydrogen-bond donors (Lipinski definition) is 0. The second-order valence-electron chi connectivity index (χ2n) is 8.87. The van der Waals surface area contributed by atoms with E-state index in [9.17, 15) is 9.59 Å². The van der Waals surface area contributed by atoms with Gasteiger partial charge in [0.05, 0.1) is 18.2 Å². The zero-order valence-corrected chi connectivity index (χ0v) is 19.2. The predicted molar refractivity (Wildman–Crippen MR) is 117 cm³/mol. The van der Waals surface area contributed by atoms with Crippen LogP contribution in [0.5, 0.6) is 5.75 Å². The molecule has 0 heterocycles. The first kappa shape index (κ1) is 21.6. The molecule has 0 unspecified atom stereocenters. The molecule has 0 aromatic heterocycles. The number of hydrogen-bond acceptors (Lipinski definition) is 4. The van der Waals surface area contributed by atoms with E-state index >= 15 is 0 Å². The molecule has 154 valence electrons. The second kappa shape index (κ2) is 7.94. The summed E-state index contributed by atoms with van der Waals surface area (Å²) >= 11 is 3.54. The molecule has 2 aromatic carbocycles. The second-order valence-corrected chi connectivity index (χ2v) is 9.43. The molecular formula is C24H27BrO4. The van der Waals surface area contributed by atoms with Crippen LogP contribution in [0.15, 0.2) is 36.4 Å². The van der Waals surface area contributed by atoms with Gasteiger partial charge >= 0.3 is 11.9 Å². The number of halogens is 1. The largest absolute Gasteiger partial charge is 0.465 e. The van der Waals surface area contributed by atoms with Crippen LogP contribution in [0.3, 0.4) is 0 Å². The quantitative estimate of drug-likeness (QED) is 0.323. The van der Waals surface area contributed by atoms with Crippen molar-refractivity contribution >= 4 is 27.9 Å². The number of methoxy groups -OCH3 is 1. The van der Waals surface area contributed by atoms with Crippen LogP contribution in [0.2, 0.25) is 0 Å². The van der Waals surface area contributed by atoms with Crippen LogP contribution in [0.1, 0.15) is 77.9 Å². The van der Waals surface area contributed by atoms with E-state index in [0.29, 0.717) is 22.2 Å². The molecular weight excluding hydrogens is 432 g/mol. The highest BCUT2D eigenvalue weighted by Crippen LogP contribution is 2.48. The van der Waals surface area contributed by atoms with E-state index in [1.165, 1.54) is 18.2 Å². The standard InChI is InChI=1S/C24H27BrO4/c1-23(2)10-11-24(3,4)19-13-20(17(14-25)12-18(19)23)29-22(27)16-8-6-15(7-9-16)21(26)28-5/h6-9,12-13H,10-11,14H2,1-5H3. The van der Waals surface area contributed by atoms with E-state index in [4.69, 9.17) is 9.47 Å². The Morgan fingerprint density at radius 3 is 1.86 bits per heavy atom. The van der Waals surface area contributed by atoms with Gasteiger partial charge in [-0.1, -0.05) is 49.7 Å². The summed E-state index contributed by atoms with van der Waals surface area (Å²) < 4.78 is 10.5. The van der Waals surface area contributed by atoms with Gasteiger partial charge in [-0.2, -0.15) is 0 Å². The van der Waals surface area contributed by atoms with Crippen molar-refractivity contribution in [3.8, 4) is 5.75 Å². The first-order chi connectivity index (χ1) is 13.6. The van der Waals surface area contributed by atoms with Crippen molar-refractivity contribution in [2.75, 3.05) is 7.11 Å². The number of esters is 2. The van der Waals surface area contributed by atoms with Crippen LogP contribution in [0, 0.1) is 0 Å². The van der Waals surface area contributed by atoms with Gasteiger partial charge in [0.1, 0.15) is 5.75 Å². The molecule has 0 aliphatic heterocycles. The maximum atomic E-state index is 12.7. The molecule has 2 aromatic rings.